The Morgan fingerprint density at radius 3 is 2.51 bits per heavy atom. The first kappa shape index (κ1) is 26.4. The quantitative estimate of drug-likeness (QED) is 0.173. The zero-order valence-corrected chi connectivity index (χ0v) is 22.3. The van der Waals surface area contributed by atoms with Crippen LogP contribution in [0.15, 0.2) is 17.4 Å². The van der Waals surface area contributed by atoms with Crippen LogP contribution in [0.25, 0.3) is 0 Å². The second kappa shape index (κ2) is 8.99. The van der Waals surface area contributed by atoms with Crippen molar-refractivity contribution in [1.29, 1.82) is 0 Å². The van der Waals surface area contributed by atoms with Gasteiger partial charge in [0.2, 0.25) is 5.91 Å². The summed E-state index contributed by atoms with van der Waals surface area (Å²) < 4.78 is 12.5. The van der Waals surface area contributed by atoms with Crippen molar-refractivity contribution < 1.29 is 39.4 Å². The second-order valence-electron chi connectivity index (χ2n) is 9.73. The number of nitrogens with two attached hydrogens (primary N) is 1. The summed E-state index contributed by atoms with van der Waals surface area (Å²) in [6.07, 6.45) is 0.255. The lowest BCUT2D eigenvalue weighted by Gasteiger charge is -2.53. The van der Waals surface area contributed by atoms with Crippen LogP contribution in [-0.2, 0) is 32.9 Å². The molecule has 7 unspecified atom stereocenters. The molecule has 10 nitrogen and oxygen atoms in total. The molecule has 1 aromatic rings. The molecule has 1 aromatic carbocycles. The Balaban J connectivity index is 1.93. The van der Waals surface area contributed by atoms with E-state index in [1.165, 1.54) is 6.26 Å². The molecule has 0 heterocycles. The number of aliphatic hydroxyl groups excluding tert-OH is 2. The van der Waals surface area contributed by atoms with Crippen LogP contribution in [0.4, 0.5) is 0 Å². The fourth-order valence-electron chi connectivity index (χ4n) is 6.01. The zero-order valence-electron chi connectivity index (χ0n) is 19.3. The number of likely N-dealkylation sites (N-methyl/N-ethyl adjacent to an activating group) is 1. The molecular weight excluding hydrogens is 591 g/mol. The highest BCUT2D eigenvalue weighted by atomic mass is 127. The lowest BCUT2D eigenvalue weighted by molar-refractivity contribution is -0.178. The highest BCUT2D eigenvalue weighted by Crippen LogP contribution is 2.53. The molecule has 4 rings (SSSR count). The van der Waals surface area contributed by atoms with Crippen LogP contribution in [0.1, 0.15) is 27.9 Å². The van der Waals surface area contributed by atoms with E-state index in [-0.39, 0.29) is 35.5 Å². The maximum Gasteiger partial charge on any atom is 0.230 e. The average Bonchev–Trinajstić information content (AvgIpc) is 2.73. The van der Waals surface area contributed by atoms with Crippen LogP contribution < -0.4 is 5.73 Å². The van der Waals surface area contributed by atoms with Gasteiger partial charge in [-0.3, -0.25) is 14.4 Å². The first-order valence-electron chi connectivity index (χ1n) is 10.9. The summed E-state index contributed by atoms with van der Waals surface area (Å²) in [5, 5.41) is 44.7. The Bertz CT molecular complexity index is 1170. The van der Waals surface area contributed by atoms with Gasteiger partial charge < -0.3 is 35.6 Å². The SMILES string of the molecule is CN(C)C1C(O)C(C(N)=O)C(=O)C2(O)C(O)=C3C(=O)c4c(O)c(C[S+](C)[O-])cc(I)c4CC3CC12. The number of fused-ring (bicyclic) bond motifs is 3. The number of nitrogens with zero attached hydrogens (tertiary/aromatic N) is 1. The minimum absolute atomic E-state index is 0.0179. The van der Waals surface area contributed by atoms with E-state index in [1.807, 2.05) is 22.6 Å². The van der Waals surface area contributed by atoms with Gasteiger partial charge in [0.15, 0.2) is 17.2 Å². The van der Waals surface area contributed by atoms with Crippen molar-refractivity contribution in [2.24, 2.45) is 23.5 Å². The molecule has 1 fully saturated rings. The van der Waals surface area contributed by atoms with Gasteiger partial charge in [-0.05, 0) is 67.1 Å². The van der Waals surface area contributed by atoms with Crippen LogP contribution >= 0.6 is 22.6 Å². The van der Waals surface area contributed by atoms with E-state index in [9.17, 15) is 39.4 Å². The summed E-state index contributed by atoms with van der Waals surface area (Å²) in [6, 6.07) is 0.759. The average molecular weight is 618 g/mol. The molecular formula is C23H27IN2O8S. The smallest absolute Gasteiger partial charge is 0.230 e. The third-order valence-corrected chi connectivity index (χ3v) is 9.16. The summed E-state index contributed by atoms with van der Waals surface area (Å²) in [6.45, 7) is 0. The molecule has 0 aliphatic heterocycles. The number of benzene rings is 1. The highest BCUT2D eigenvalue weighted by Gasteiger charge is 2.66. The fraction of sp³-hybridized carbons (Fsp3) is 0.522. The number of Topliss-reactive ketones (excluding diaryl/α,β-unsaturated/α-hetero) is 2. The predicted octanol–water partition coefficient (Wildman–Crippen LogP) is -0.231. The number of aliphatic hydroxyl groups is 3. The number of rotatable bonds is 4. The number of ketones is 2. The van der Waals surface area contributed by atoms with Crippen LogP contribution in [0.2, 0.25) is 0 Å². The van der Waals surface area contributed by atoms with Crippen molar-refractivity contribution in [2.75, 3.05) is 20.4 Å². The molecule has 0 bridgehead atoms. The number of allylic oxidation sites excluding steroid dienone is 1. The van der Waals surface area contributed by atoms with Crippen molar-refractivity contribution in [3.63, 3.8) is 0 Å². The van der Waals surface area contributed by atoms with E-state index in [0.29, 0.717) is 14.7 Å². The van der Waals surface area contributed by atoms with E-state index in [1.54, 1.807) is 25.1 Å². The van der Waals surface area contributed by atoms with Gasteiger partial charge in [0, 0.05) is 26.7 Å². The lowest BCUT2D eigenvalue weighted by Crippen LogP contribution is -2.71. The summed E-state index contributed by atoms with van der Waals surface area (Å²) in [5.41, 5.74) is 3.37. The van der Waals surface area contributed by atoms with Gasteiger partial charge in [-0.25, -0.2) is 0 Å². The third kappa shape index (κ3) is 3.80. The van der Waals surface area contributed by atoms with Gasteiger partial charge in [0.05, 0.1) is 17.9 Å². The van der Waals surface area contributed by atoms with E-state index in [4.69, 9.17) is 5.73 Å². The predicted molar refractivity (Wildman–Crippen MR) is 134 cm³/mol. The number of hydrogen-bond donors (Lipinski definition) is 5. The number of halogens is 1. The minimum Gasteiger partial charge on any atom is -0.616 e. The first-order chi connectivity index (χ1) is 16.2. The van der Waals surface area contributed by atoms with Crippen LogP contribution in [0.5, 0.6) is 5.75 Å². The number of primary amides is 1. The molecule has 0 spiro atoms. The Morgan fingerprint density at radius 2 is 1.97 bits per heavy atom. The Kier molecular flexibility index (Phi) is 6.77. The monoisotopic (exact) mass is 618 g/mol. The van der Waals surface area contributed by atoms with Crippen molar-refractivity contribution in [1.82, 2.24) is 4.90 Å². The Hall–Kier alpha value is -1.71. The molecule has 0 aromatic heterocycles. The molecule has 190 valence electrons. The molecule has 35 heavy (non-hydrogen) atoms. The zero-order chi connectivity index (χ0) is 26.1. The van der Waals surface area contributed by atoms with Crippen LogP contribution in [0, 0.1) is 21.3 Å². The number of phenols is 1. The molecule has 1 amide bonds. The maximum atomic E-state index is 13.7. The molecule has 3 aliphatic carbocycles. The Morgan fingerprint density at radius 1 is 1.34 bits per heavy atom. The van der Waals surface area contributed by atoms with Gasteiger partial charge in [0.25, 0.3) is 0 Å². The summed E-state index contributed by atoms with van der Waals surface area (Å²) >= 11 is 0.746. The normalized spacial score (nSPS) is 33.3. The second-order valence-corrected chi connectivity index (χ2v) is 12.3. The van der Waals surface area contributed by atoms with Crippen LogP contribution in [0.3, 0.4) is 0 Å². The summed E-state index contributed by atoms with van der Waals surface area (Å²) in [5.74, 6) is -7.65. The van der Waals surface area contributed by atoms with Gasteiger partial charge >= 0.3 is 0 Å². The van der Waals surface area contributed by atoms with Crippen molar-refractivity contribution in [3.05, 3.63) is 37.7 Å². The first-order valence-corrected chi connectivity index (χ1v) is 13.8. The highest BCUT2D eigenvalue weighted by molar-refractivity contribution is 14.1. The maximum absolute atomic E-state index is 13.7. The number of carbonyl (C=O) groups is 3. The number of phenolic OH excluding ortho intramolecular Hbond substituents is 1. The van der Waals surface area contributed by atoms with E-state index >= 15 is 0 Å². The standard InChI is InChI=1S/C23H27IN2O8S/c1-26(2)16-11-5-8-4-10-12(24)6-9(7-35(3)34)17(27)14(10)18(28)13(8)20(30)23(11,33)21(31)15(19(16)29)22(25)32/h6,8,11,15-16,19,27,29-30,33H,4-5,7H2,1-3H3,(H2,25,32). The number of amides is 1. The number of aromatic hydroxyl groups is 1. The lowest BCUT2D eigenvalue weighted by atomic mass is 9.56. The largest absolute Gasteiger partial charge is 0.616 e. The van der Waals surface area contributed by atoms with E-state index in [2.05, 4.69) is 0 Å². The van der Waals surface area contributed by atoms with Crippen molar-refractivity contribution in [2.45, 2.75) is 36.3 Å². The van der Waals surface area contributed by atoms with Gasteiger partial charge in [-0.1, -0.05) is 11.2 Å². The van der Waals surface area contributed by atoms with Gasteiger partial charge in [-0.15, -0.1) is 0 Å². The third-order valence-electron chi connectivity index (χ3n) is 7.48. The minimum atomic E-state index is -2.61. The van der Waals surface area contributed by atoms with Crippen LogP contribution in [-0.4, -0.2) is 85.5 Å². The summed E-state index contributed by atoms with van der Waals surface area (Å²) in [7, 11) is 3.22. The molecule has 1 saturated carbocycles. The molecule has 3 aliphatic rings. The van der Waals surface area contributed by atoms with E-state index < -0.39 is 69.9 Å². The Labute approximate surface area is 218 Å². The van der Waals surface area contributed by atoms with Gasteiger partial charge in [-0.2, -0.15) is 0 Å². The van der Waals surface area contributed by atoms with Gasteiger partial charge in [0.1, 0.15) is 23.2 Å². The molecule has 6 N–H and O–H groups in total. The van der Waals surface area contributed by atoms with Crippen molar-refractivity contribution in [3.8, 4) is 5.75 Å². The van der Waals surface area contributed by atoms with E-state index in [0.717, 1.165) is 0 Å². The molecule has 0 saturated heterocycles. The summed E-state index contributed by atoms with van der Waals surface area (Å²) in [4.78, 5) is 40.6. The topological polar surface area (TPSA) is 184 Å². The molecule has 7 atom stereocenters. The van der Waals surface area contributed by atoms with Crippen molar-refractivity contribution >= 4 is 51.2 Å². The number of hydrogen-bond acceptors (Lipinski definition) is 9. The number of carbonyl (C=O) groups excluding carboxylic acids is 3. The molecule has 12 heteroatoms. The molecule has 0 radical (unpaired) electrons. The fourth-order valence-corrected chi connectivity index (χ4v) is 7.53.